The van der Waals surface area contributed by atoms with E-state index in [0.29, 0.717) is 15.8 Å². The van der Waals surface area contributed by atoms with Gasteiger partial charge < -0.3 is 19.5 Å². The lowest BCUT2D eigenvalue weighted by molar-refractivity contribution is -0.158. The molecule has 1 amide bonds. The summed E-state index contributed by atoms with van der Waals surface area (Å²) in [4.78, 5) is 25.2. The molecule has 0 fully saturated rings. The highest BCUT2D eigenvalue weighted by Crippen LogP contribution is 2.32. The van der Waals surface area contributed by atoms with E-state index in [2.05, 4.69) is 19.2 Å². The molecule has 0 aliphatic heterocycles. The Kier molecular flexibility index (Phi) is 11.1. The van der Waals surface area contributed by atoms with Gasteiger partial charge in [0.1, 0.15) is 29.6 Å². The van der Waals surface area contributed by atoms with E-state index in [0.717, 1.165) is 12.8 Å². The van der Waals surface area contributed by atoms with Gasteiger partial charge in [-0.25, -0.2) is 9.59 Å². The maximum absolute atomic E-state index is 13.0. The van der Waals surface area contributed by atoms with E-state index in [9.17, 15) is 9.59 Å². The van der Waals surface area contributed by atoms with Crippen molar-refractivity contribution in [1.82, 2.24) is 5.32 Å². The van der Waals surface area contributed by atoms with Crippen LogP contribution in [0.1, 0.15) is 68.2 Å². The second-order valence-electron chi connectivity index (χ2n) is 9.24. The fourth-order valence-corrected chi connectivity index (χ4v) is 3.75. The third-order valence-corrected chi connectivity index (χ3v) is 5.56. The molecule has 0 aliphatic carbocycles. The zero-order chi connectivity index (χ0) is 24.6. The fourth-order valence-electron chi connectivity index (χ4n) is 3.30. The van der Waals surface area contributed by atoms with Crippen LogP contribution in [0.5, 0.6) is 5.75 Å². The molecule has 0 aromatic heterocycles. The van der Waals surface area contributed by atoms with Crippen molar-refractivity contribution >= 4 is 35.3 Å². The molecule has 0 spiro atoms. The van der Waals surface area contributed by atoms with E-state index < -0.39 is 35.9 Å². The summed E-state index contributed by atoms with van der Waals surface area (Å²) in [6, 6.07) is 4.16. The quantitative estimate of drug-likeness (QED) is 0.372. The second-order valence-corrected chi connectivity index (χ2v) is 10.1. The van der Waals surface area contributed by atoms with Crippen LogP contribution in [-0.4, -0.2) is 35.9 Å². The zero-order valence-corrected chi connectivity index (χ0v) is 21.8. The summed E-state index contributed by atoms with van der Waals surface area (Å²) in [7, 11) is 0. The van der Waals surface area contributed by atoms with Crippen molar-refractivity contribution in [3.05, 3.63) is 28.2 Å². The molecule has 0 saturated carbocycles. The summed E-state index contributed by atoms with van der Waals surface area (Å²) in [6.45, 7) is 14.8. The van der Waals surface area contributed by atoms with Crippen molar-refractivity contribution < 1.29 is 23.8 Å². The van der Waals surface area contributed by atoms with Gasteiger partial charge in [-0.05, 0) is 70.6 Å². The van der Waals surface area contributed by atoms with Crippen molar-refractivity contribution in [3.8, 4) is 5.75 Å². The Morgan fingerprint density at radius 2 is 1.66 bits per heavy atom. The molecule has 8 heteroatoms. The summed E-state index contributed by atoms with van der Waals surface area (Å²) < 4.78 is 17.3. The van der Waals surface area contributed by atoms with Gasteiger partial charge >= 0.3 is 12.1 Å². The maximum atomic E-state index is 13.0. The van der Waals surface area contributed by atoms with E-state index >= 15 is 0 Å². The lowest BCUT2D eigenvalue weighted by atomic mass is 9.93. The van der Waals surface area contributed by atoms with Crippen LogP contribution in [0.2, 0.25) is 10.0 Å². The monoisotopic (exact) mass is 489 g/mol. The maximum Gasteiger partial charge on any atom is 0.408 e. The molecule has 182 valence electrons. The molecular formula is C24H37Cl2NO5. The third kappa shape index (κ3) is 9.07. The van der Waals surface area contributed by atoms with Gasteiger partial charge in [-0.2, -0.15) is 0 Å². The van der Waals surface area contributed by atoms with Crippen LogP contribution >= 0.6 is 23.2 Å². The van der Waals surface area contributed by atoms with Crippen LogP contribution in [0.25, 0.3) is 0 Å². The Hall–Kier alpha value is -1.66. The smallest absolute Gasteiger partial charge is 0.408 e. The predicted molar refractivity (Wildman–Crippen MR) is 128 cm³/mol. The molecule has 1 aromatic rings. The second kappa shape index (κ2) is 12.5. The van der Waals surface area contributed by atoms with Crippen molar-refractivity contribution in [2.24, 2.45) is 11.8 Å². The van der Waals surface area contributed by atoms with Gasteiger partial charge in [0.15, 0.2) is 0 Å². The van der Waals surface area contributed by atoms with Gasteiger partial charge in [0.05, 0.1) is 5.02 Å². The van der Waals surface area contributed by atoms with Crippen LogP contribution in [0.15, 0.2) is 18.2 Å². The minimum atomic E-state index is -0.853. The summed E-state index contributed by atoms with van der Waals surface area (Å²) in [5, 5.41) is 3.52. The Balaban J connectivity index is 3.01. The first-order valence-corrected chi connectivity index (χ1v) is 11.9. The van der Waals surface area contributed by atoms with Gasteiger partial charge in [0.25, 0.3) is 0 Å². The highest BCUT2D eigenvalue weighted by atomic mass is 35.5. The highest BCUT2D eigenvalue weighted by Gasteiger charge is 2.34. The largest absolute Gasteiger partial charge is 0.485 e. The number of carbonyl (C=O) groups is 2. The molecule has 6 nitrogen and oxygen atoms in total. The molecule has 0 saturated heterocycles. The van der Waals surface area contributed by atoms with Gasteiger partial charge in [0.2, 0.25) is 0 Å². The normalized spacial score (nSPS) is 14.6. The predicted octanol–water partition coefficient (Wildman–Crippen LogP) is 6.66. The molecule has 0 radical (unpaired) electrons. The Morgan fingerprint density at radius 3 is 2.12 bits per heavy atom. The molecule has 1 aromatic carbocycles. The van der Waals surface area contributed by atoms with Crippen molar-refractivity contribution in [1.29, 1.82) is 0 Å². The topological polar surface area (TPSA) is 73.9 Å². The summed E-state index contributed by atoms with van der Waals surface area (Å²) >= 11 is 12.3. The van der Waals surface area contributed by atoms with Crippen molar-refractivity contribution in [2.75, 3.05) is 0 Å². The Labute approximate surface area is 202 Å². The van der Waals surface area contributed by atoms with Gasteiger partial charge in [-0.3, -0.25) is 0 Å². The van der Waals surface area contributed by atoms with E-state index in [1.54, 1.807) is 45.9 Å². The molecule has 32 heavy (non-hydrogen) atoms. The lowest BCUT2D eigenvalue weighted by Crippen LogP contribution is -2.49. The number of alkyl carbamates (subject to hydrolysis) is 1. The van der Waals surface area contributed by atoms with Gasteiger partial charge in [-0.1, -0.05) is 50.9 Å². The molecule has 0 unspecified atom stereocenters. The molecular weight excluding hydrogens is 453 g/mol. The number of esters is 1. The summed E-state index contributed by atoms with van der Waals surface area (Å²) in [5.74, 6) is -0.135. The Morgan fingerprint density at radius 1 is 1.06 bits per heavy atom. The first-order valence-electron chi connectivity index (χ1n) is 11.1. The average molecular weight is 490 g/mol. The molecule has 1 rings (SSSR count). The number of hydrogen-bond acceptors (Lipinski definition) is 5. The van der Waals surface area contributed by atoms with Crippen LogP contribution in [0, 0.1) is 11.8 Å². The summed E-state index contributed by atoms with van der Waals surface area (Å²) in [5.41, 5.74) is -0.672. The number of carbonyl (C=O) groups excluding carboxylic acids is 2. The third-order valence-electron chi connectivity index (χ3n) is 5.03. The number of amides is 1. The van der Waals surface area contributed by atoms with E-state index in [4.69, 9.17) is 37.4 Å². The number of nitrogens with one attached hydrogen (secondary N) is 1. The standard InChI is InChI=1S/C24H37Cl2NO5/c1-9-16(10-2)21(31-19-12-11-17(25)13-18(19)26)15(5)30-22(28)20(14(3)4)27-23(29)32-24(6,7)8/h11-16,20-21H,9-10H2,1-8H3,(H,27,29)/t15-,20-,21-/m0/s1. The van der Waals surface area contributed by atoms with E-state index in [1.807, 2.05) is 13.8 Å². The van der Waals surface area contributed by atoms with Crippen molar-refractivity contribution in [3.63, 3.8) is 0 Å². The lowest BCUT2D eigenvalue weighted by Gasteiger charge is -2.32. The van der Waals surface area contributed by atoms with Gasteiger partial charge in [0, 0.05) is 5.02 Å². The number of benzene rings is 1. The van der Waals surface area contributed by atoms with Crippen LogP contribution < -0.4 is 10.1 Å². The molecule has 0 bridgehead atoms. The molecule has 0 aliphatic rings. The first-order chi connectivity index (χ1) is 14.8. The number of halogens is 2. The average Bonchev–Trinajstić information content (AvgIpc) is 2.66. The Bertz CT molecular complexity index is 759. The van der Waals surface area contributed by atoms with Crippen LogP contribution in [0.4, 0.5) is 4.79 Å². The number of hydrogen-bond donors (Lipinski definition) is 1. The minimum absolute atomic E-state index is 0.126. The van der Waals surface area contributed by atoms with E-state index in [1.165, 1.54) is 0 Å². The zero-order valence-electron chi connectivity index (χ0n) is 20.3. The van der Waals surface area contributed by atoms with Crippen LogP contribution in [-0.2, 0) is 14.3 Å². The van der Waals surface area contributed by atoms with Crippen molar-refractivity contribution in [2.45, 2.75) is 92.1 Å². The van der Waals surface area contributed by atoms with Gasteiger partial charge in [-0.15, -0.1) is 0 Å². The molecule has 3 atom stereocenters. The minimum Gasteiger partial charge on any atom is -0.485 e. The molecule has 1 N–H and O–H groups in total. The number of ether oxygens (including phenoxy) is 3. The van der Waals surface area contributed by atoms with Crippen LogP contribution in [0.3, 0.4) is 0 Å². The fraction of sp³-hybridized carbons (Fsp3) is 0.667. The molecule has 0 heterocycles. The summed E-state index contributed by atoms with van der Waals surface area (Å²) in [6.07, 6.45) is -0.0138. The SMILES string of the molecule is CCC(CC)[C@@H](Oc1ccc(Cl)cc1Cl)[C@H](C)OC(=O)[C@@H](NC(=O)OC(C)(C)C)C(C)C. The van der Waals surface area contributed by atoms with E-state index in [-0.39, 0.29) is 11.8 Å². The highest BCUT2D eigenvalue weighted by molar-refractivity contribution is 6.35. The number of rotatable bonds is 10. The first kappa shape index (κ1) is 28.4.